The molecule has 108 valence electrons. The van der Waals surface area contributed by atoms with Gasteiger partial charge in [0.2, 0.25) is 5.95 Å². The van der Waals surface area contributed by atoms with Gasteiger partial charge in [0.1, 0.15) is 0 Å². The van der Waals surface area contributed by atoms with Gasteiger partial charge in [0.05, 0.1) is 26.0 Å². The van der Waals surface area contributed by atoms with Gasteiger partial charge in [-0.1, -0.05) is 19.8 Å². The van der Waals surface area contributed by atoms with Gasteiger partial charge in [0.25, 0.3) is 0 Å². The van der Waals surface area contributed by atoms with Gasteiger partial charge in [-0.3, -0.25) is 0 Å². The summed E-state index contributed by atoms with van der Waals surface area (Å²) in [4.78, 5) is 10.4. The summed E-state index contributed by atoms with van der Waals surface area (Å²) in [6, 6.07) is -0.0150. The van der Waals surface area contributed by atoms with E-state index in [1.165, 1.54) is 0 Å². The minimum absolute atomic E-state index is 0.0150. The molecule has 1 aromatic rings. The SMILES string of the molecule is CCCCC(CO)Nc1nc(N(C)C)ncc1OC. The Bertz CT molecular complexity index is 385. The van der Waals surface area contributed by atoms with Crippen LogP contribution in [0, 0.1) is 0 Å². The predicted octanol–water partition coefficient (Wildman–Crippen LogP) is 1.51. The quantitative estimate of drug-likeness (QED) is 0.745. The molecule has 1 aromatic heterocycles. The van der Waals surface area contributed by atoms with Crippen LogP contribution in [0.5, 0.6) is 5.75 Å². The lowest BCUT2D eigenvalue weighted by molar-refractivity contribution is 0.266. The van der Waals surface area contributed by atoms with Crippen molar-refractivity contribution in [1.82, 2.24) is 9.97 Å². The molecule has 0 bridgehead atoms. The molecule has 1 unspecified atom stereocenters. The lowest BCUT2D eigenvalue weighted by Gasteiger charge is -2.19. The number of ether oxygens (including phenoxy) is 1. The molecule has 0 amide bonds. The Morgan fingerprint density at radius 2 is 2.21 bits per heavy atom. The molecule has 1 heterocycles. The highest BCUT2D eigenvalue weighted by atomic mass is 16.5. The van der Waals surface area contributed by atoms with Gasteiger partial charge < -0.3 is 20.1 Å². The van der Waals surface area contributed by atoms with E-state index in [1.807, 2.05) is 19.0 Å². The van der Waals surface area contributed by atoms with Crippen LogP contribution in [0.25, 0.3) is 0 Å². The average Bonchev–Trinajstić information content (AvgIpc) is 2.43. The van der Waals surface area contributed by atoms with Gasteiger partial charge in [-0.2, -0.15) is 4.98 Å². The zero-order chi connectivity index (χ0) is 14.3. The number of hydrogen-bond donors (Lipinski definition) is 2. The molecule has 0 saturated heterocycles. The summed E-state index contributed by atoms with van der Waals surface area (Å²) in [7, 11) is 5.34. The maximum Gasteiger partial charge on any atom is 0.226 e. The van der Waals surface area contributed by atoms with Crippen LogP contribution in [0.4, 0.5) is 11.8 Å². The Labute approximate surface area is 114 Å². The molecule has 0 spiro atoms. The molecular weight excluding hydrogens is 244 g/mol. The van der Waals surface area contributed by atoms with Crippen LogP contribution in [0.2, 0.25) is 0 Å². The number of anilines is 2. The Kier molecular flexibility index (Phi) is 6.35. The van der Waals surface area contributed by atoms with Gasteiger partial charge >= 0.3 is 0 Å². The maximum absolute atomic E-state index is 9.40. The topological polar surface area (TPSA) is 70.5 Å². The fraction of sp³-hybridized carbons (Fsp3) is 0.692. The van der Waals surface area contributed by atoms with Crippen LogP contribution < -0.4 is 15.0 Å². The fourth-order valence-electron chi connectivity index (χ4n) is 1.68. The highest BCUT2D eigenvalue weighted by Gasteiger charge is 2.13. The van der Waals surface area contributed by atoms with Crippen LogP contribution in [-0.4, -0.2) is 48.9 Å². The van der Waals surface area contributed by atoms with E-state index in [2.05, 4.69) is 22.2 Å². The summed E-state index contributed by atoms with van der Waals surface area (Å²) in [5.74, 6) is 1.81. The summed E-state index contributed by atoms with van der Waals surface area (Å²) in [5.41, 5.74) is 0. The van der Waals surface area contributed by atoms with E-state index in [9.17, 15) is 5.11 Å². The van der Waals surface area contributed by atoms with Crippen molar-refractivity contribution in [3.05, 3.63) is 6.20 Å². The van der Waals surface area contributed by atoms with E-state index >= 15 is 0 Å². The minimum Gasteiger partial charge on any atom is -0.491 e. The van der Waals surface area contributed by atoms with Crippen LogP contribution in [0.1, 0.15) is 26.2 Å². The largest absolute Gasteiger partial charge is 0.491 e. The van der Waals surface area contributed by atoms with Crippen LogP contribution in [0.3, 0.4) is 0 Å². The lowest BCUT2D eigenvalue weighted by atomic mass is 10.1. The molecule has 19 heavy (non-hydrogen) atoms. The van der Waals surface area contributed by atoms with Crippen molar-refractivity contribution in [3.63, 3.8) is 0 Å². The number of nitrogens with one attached hydrogen (secondary N) is 1. The van der Waals surface area contributed by atoms with Gasteiger partial charge in [0, 0.05) is 14.1 Å². The molecule has 6 nitrogen and oxygen atoms in total. The smallest absolute Gasteiger partial charge is 0.226 e. The Hall–Kier alpha value is -1.56. The molecule has 2 N–H and O–H groups in total. The predicted molar refractivity (Wildman–Crippen MR) is 76.9 cm³/mol. The van der Waals surface area contributed by atoms with Gasteiger partial charge in [-0.15, -0.1) is 0 Å². The molecule has 0 radical (unpaired) electrons. The second kappa shape index (κ2) is 7.78. The van der Waals surface area contributed by atoms with E-state index in [0.717, 1.165) is 19.3 Å². The first-order chi connectivity index (χ1) is 9.12. The molecule has 1 rings (SSSR count). The summed E-state index contributed by atoms with van der Waals surface area (Å²) in [6.45, 7) is 2.20. The number of aliphatic hydroxyl groups is 1. The number of unbranched alkanes of at least 4 members (excludes halogenated alkanes) is 1. The van der Waals surface area contributed by atoms with E-state index in [1.54, 1.807) is 13.3 Å². The van der Waals surface area contributed by atoms with Crippen molar-refractivity contribution < 1.29 is 9.84 Å². The van der Waals surface area contributed by atoms with E-state index in [-0.39, 0.29) is 12.6 Å². The summed E-state index contributed by atoms with van der Waals surface area (Å²) < 4.78 is 5.24. The first kappa shape index (κ1) is 15.5. The molecular formula is C13H24N4O2. The van der Waals surface area contributed by atoms with Crippen LogP contribution in [-0.2, 0) is 0 Å². The van der Waals surface area contributed by atoms with Crippen molar-refractivity contribution in [2.24, 2.45) is 0 Å². The minimum atomic E-state index is -0.0150. The number of methoxy groups -OCH3 is 1. The Balaban J connectivity index is 2.86. The fourth-order valence-corrected chi connectivity index (χ4v) is 1.68. The van der Waals surface area contributed by atoms with Crippen molar-refractivity contribution in [1.29, 1.82) is 0 Å². The highest BCUT2D eigenvalue weighted by Crippen LogP contribution is 2.24. The third-order valence-electron chi connectivity index (χ3n) is 2.83. The summed E-state index contributed by atoms with van der Waals surface area (Å²) in [6.07, 6.45) is 4.70. The van der Waals surface area contributed by atoms with Crippen LogP contribution in [0.15, 0.2) is 6.20 Å². The molecule has 0 aliphatic rings. The van der Waals surface area contributed by atoms with Crippen molar-refractivity contribution in [2.45, 2.75) is 32.2 Å². The normalized spacial score (nSPS) is 12.1. The standard InChI is InChI=1S/C13H24N4O2/c1-5-6-7-10(9-18)15-12-11(19-4)8-14-13(16-12)17(2)3/h8,10,18H,5-7,9H2,1-4H3,(H,14,15,16). The molecule has 0 fully saturated rings. The third-order valence-corrected chi connectivity index (χ3v) is 2.83. The number of hydrogen-bond acceptors (Lipinski definition) is 6. The second-order valence-electron chi connectivity index (χ2n) is 4.65. The maximum atomic E-state index is 9.40. The summed E-state index contributed by atoms with van der Waals surface area (Å²) >= 11 is 0. The molecule has 0 aliphatic heterocycles. The second-order valence-corrected chi connectivity index (χ2v) is 4.65. The van der Waals surface area contributed by atoms with Gasteiger partial charge in [-0.25, -0.2) is 4.98 Å². The van der Waals surface area contributed by atoms with Crippen molar-refractivity contribution in [2.75, 3.05) is 38.0 Å². The van der Waals surface area contributed by atoms with E-state index < -0.39 is 0 Å². The van der Waals surface area contributed by atoms with E-state index in [4.69, 9.17) is 4.74 Å². The van der Waals surface area contributed by atoms with Gasteiger partial charge in [0.15, 0.2) is 11.6 Å². The zero-order valence-corrected chi connectivity index (χ0v) is 12.2. The van der Waals surface area contributed by atoms with Gasteiger partial charge in [-0.05, 0) is 6.42 Å². The third kappa shape index (κ3) is 4.55. The molecule has 0 aromatic carbocycles. The number of nitrogens with zero attached hydrogens (tertiary/aromatic N) is 3. The highest BCUT2D eigenvalue weighted by molar-refractivity contribution is 5.52. The molecule has 6 heteroatoms. The molecule has 0 aliphatic carbocycles. The lowest BCUT2D eigenvalue weighted by Crippen LogP contribution is -2.25. The molecule has 0 saturated carbocycles. The number of rotatable bonds is 8. The number of aromatic nitrogens is 2. The summed E-state index contributed by atoms with van der Waals surface area (Å²) in [5, 5.41) is 12.6. The Morgan fingerprint density at radius 1 is 1.47 bits per heavy atom. The first-order valence-electron chi connectivity index (χ1n) is 6.58. The van der Waals surface area contributed by atoms with Crippen molar-refractivity contribution >= 4 is 11.8 Å². The van der Waals surface area contributed by atoms with Crippen LogP contribution >= 0.6 is 0 Å². The number of aliphatic hydroxyl groups excluding tert-OH is 1. The first-order valence-corrected chi connectivity index (χ1v) is 6.58. The molecule has 1 atom stereocenters. The average molecular weight is 268 g/mol. The Morgan fingerprint density at radius 3 is 2.74 bits per heavy atom. The van der Waals surface area contributed by atoms with E-state index in [0.29, 0.717) is 17.5 Å². The van der Waals surface area contributed by atoms with Crippen molar-refractivity contribution in [3.8, 4) is 5.75 Å². The zero-order valence-electron chi connectivity index (χ0n) is 12.2. The monoisotopic (exact) mass is 268 g/mol.